The lowest BCUT2D eigenvalue weighted by atomic mass is 10.0. The third kappa shape index (κ3) is 3.02. The summed E-state index contributed by atoms with van der Waals surface area (Å²) in [6.07, 6.45) is 5.24. The van der Waals surface area contributed by atoms with Gasteiger partial charge in [0.25, 0.3) is 0 Å². The minimum Gasteiger partial charge on any atom is -0.371 e. The Morgan fingerprint density at radius 1 is 1.35 bits per heavy atom. The number of halogens is 1. The Balaban J connectivity index is 1.74. The zero-order chi connectivity index (χ0) is 14.1. The predicted octanol–water partition coefficient (Wildman–Crippen LogP) is 3.10. The molecule has 2 heterocycles. The number of nitrogens with two attached hydrogens (primary N) is 1. The van der Waals surface area contributed by atoms with Gasteiger partial charge in [0.2, 0.25) is 0 Å². The summed E-state index contributed by atoms with van der Waals surface area (Å²) in [5.74, 6) is 0. The lowest BCUT2D eigenvalue weighted by Crippen LogP contribution is -2.42. The van der Waals surface area contributed by atoms with Crippen LogP contribution < -0.4 is 10.6 Å². The molecule has 20 heavy (non-hydrogen) atoms. The topological polar surface area (TPSA) is 38.5 Å². The number of morpholine rings is 1. The van der Waals surface area contributed by atoms with Crippen LogP contribution in [0.1, 0.15) is 31.7 Å². The molecule has 0 spiro atoms. The lowest BCUT2D eigenvalue weighted by molar-refractivity contribution is 0.0304. The zero-order valence-corrected chi connectivity index (χ0v) is 13.6. The molecule has 1 aromatic carbocycles. The van der Waals surface area contributed by atoms with E-state index < -0.39 is 0 Å². The Kier molecular flexibility index (Phi) is 4.34. The molecule has 3 atom stereocenters. The van der Waals surface area contributed by atoms with E-state index in [1.165, 1.54) is 28.6 Å². The third-order valence-corrected chi connectivity index (χ3v) is 5.05. The number of benzene rings is 1. The molecule has 2 bridgehead atoms. The van der Waals surface area contributed by atoms with Gasteiger partial charge >= 0.3 is 0 Å². The molecular weight excluding hydrogens is 316 g/mol. The Hall–Kier alpha value is -0.580. The van der Waals surface area contributed by atoms with Crippen LogP contribution in [0.3, 0.4) is 0 Å². The summed E-state index contributed by atoms with van der Waals surface area (Å²) in [6.45, 7) is 4.17. The number of anilines is 1. The van der Waals surface area contributed by atoms with Crippen molar-refractivity contribution in [3.05, 3.63) is 28.2 Å². The highest BCUT2D eigenvalue weighted by molar-refractivity contribution is 9.10. The van der Waals surface area contributed by atoms with Crippen LogP contribution in [-0.4, -0.2) is 31.3 Å². The normalized spacial score (nSPS) is 26.9. The first kappa shape index (κ1) is 14.4. The van der Waals surface area contributed by atoms with Gasteiger partial charge in [-0.2, -0.15) is 0 Å². The highest BCUT2D eigenvalue weighted by Gasteiger charge is 2.34. The Bertz CT molecular complexity index is 468. The second-order valence-electron chi connectivity index (χ2n) is 6.02. The van der Waals surface area contributed by atoms with Gasteiger partial charge in [-0.1, -0.05) is 13.0 Å². The minimum atomic E-state index is 0.256. The monoisotopic (exact) mass is 338 g/mol. The molecule has 3 rings (SSSR count). The van der Waals surface area contributed by atoms with E-state index in [4.69, 9.17) is 10.5 Å². The number of hydrogen-bond donors (Lipinski definition) is 1. The molecule has 0 amide bonds. The van der Waals surface area contributed by atoms with Crippen molar-refractivity contribution in [3.63, 3.8) is 0 Å². The fourth-order valence-electron chi connectivity index (χ4n) is 3.19. The first-order valence-electron chi connectivity index (χ1n) is 7.60. The van der Waals surface area contributed by atoms with E-state index in [1.807, 2.05) is 0 Å². The number of ether oxygens (including phenoxy) is 1. The van der Waals surface area contributed by atoms with Crippen LogP contribution >= 0.6 is 15.9 Å². The van der Waals surface area contributed by atoms with E-state index in [0.717, 1.165) is 25.9 Å². The smallest absolute Gasteiger partial charge is 0.0755 e. The number of hydrogen-bond acceptors (Lipinski definition) is 3. The standard InChI is InChI=1S/C16H23BrN2O/c1-2-12(18)7-11-3-6-16(15(17)8-11)19-9-13-4-5-14(10-19)20-13/h3,6,8,12-14H,2,4-5,7,9-10,18H2,1H3. The van der Waals surface area contributed by atoms with Crippen molar-refractivity contribution in [3.8, 4) is 0 Å². The highest BCUT2D eigenvalue weighted by Crippen LogP contribution is 2.34. The largest absolute Gasteiger partial charge is 0.371 e. The maximum Gasteiger partial charge on any atom is 0.0755 e. The second kappa shape index (κ2) is 6.04. The van der Waals surface area contributed by atoms with Crippen molar-refractivity contribution >= 4 is 21.6 Å². The number of fused-ring (bicyclic) bond motifs is 2. The summed E-state index contributed by atoms with van der Waals surface area (Å²) < 4.78 is 7.09. The lowest BCUT2D eigenvalue weighted by Gasteiger charge is -2.34. The first-order chi connectivity index (χ1) is 9.65. The van der Waals surface area contributed by atoms with Crippen molar-refractivity contribution in [2.24, 2.45) is 5.73 Å². The highest BCUT2D eigenvalue weighted by atomic mass is 79.9. The molecule has 0 aromatic heterocycles. The molecule has 2 fully saturated rings. The average molecular weight is 339 g/mol. The molecule has 4 heteroatoms. The maximum absolute atomic E-state index is 6.04. The van der Waals surface area contributed by atoms with Crippen molar-refractivity contribution in [2.45, 2.75) is 50.9 Å². The van der Waals surface area contributed by atoms with Crippen LogP contribution in [0.5, 0.6) is 0 Å². The molecule has 2 N–H and O–H groups in total. The van der Waals surface area contributed by atoms with Crippen molar-refractivity contribution in [2.75, 3.05) is 18.0 Å². The molecule has 1 aromatic rings. The fourth-order valence-corrected chi connectivity index (χ4v) is 3.87. The van der Waals surface area contributed by atoms with Gasteiger partial charge in [0.05, 0.1) is 17.9 Å². The van der Waals surface area contributed by atoms with Crippen LogP contribution in [0.4, 0.5) is 5.69 Å². The molecule has 2 aliphatic heterocycles. The zero-order valence-electron chi connectivity index (χ0n) is 12.0. The maximum atomic E-state index is 6.04. The van der Waals surface area contributed by atoms with Gasteiger partial charge < -0.3 is 15.4 Å². The van der Waals surface area contributed by atoms with Crippen molar-refractivity contribution in [1.29, 1.82) is 0 Å². The van der Waals surface area contributed by atoms with Gasteiger partial charge in [0.1, 0.15) is 0 Å². The molecule has 3 nitrogen and oxygen atoms in total. The summed E-state index contributed by atoms with van der Waals surface area (Å²) in [6, 6.07) is 6.92. The van der Waals surface area contributed by atoms with Gasteiger partial charge in [0, 0.05) is 23.6 Å². The van der Waals surface area contributed by atoms with Crippen LogP contribution in [0.25, 0.3) is 0 Å². The van der Waals surface area contributed by atoms with Gasteiger partial charge in [-0.25, -0.2) is 0 Å². The van der Waals surface area contributed by atoms with Gasteiger partial charge in [-0.15, -0.1) is 0 Å². The Labute approximate surface area is 129 Å². The molecule has 2 aliphatic rings. The molecule has 0 radical (unpaired) electrons. The predicted molar refractivity (Wildman–Crippen MR) is 86.2 cm³/mol. The molecule has 0 aliphatic carbocycles. The third-order valence-electron chi connectivity index (χ3n) is 4.42. The Morgan fingerprint density at radius 2 is 2.05 bits per heavy atom. The summed E-state index contributed by atoms with van der Waals surface area (Å²) in [7, 11) is 0. The van der Waals surface area contributed by atoms with Crippen LogP contribution in [0.15, 0.2) is 22.7 Å². The molecule has 110 valence electrons. The van der Waals surface area contributed by atoms with E-state index in [-0.39, 0.29) is 6.04 Å². The average Bonchev–Trinajstić information content (AvgIpc) is 2.77. The SMILES string of the molecule is CCC(N)Cc1ccc(N2CC3CCC(C2)O3)c(Br)c1. The van der Waals surface area contributed by atoms with Gasteiger partial charge in [-0.3, -0.25) is 0 Å². The summed E-state index contributed by atoms with van der Waals surface area (Å²) in [5.41, 5.74) is 8.64. The van der Waals surface area contributed by atoms with Crippen LogP contribution in [0, 0.1) is 0 Å². The Morgan fingerprint density at radius 3 is 2.65 bits per heavy atom. The van der Waals surface area contributed by atoms with E-state index >= 15 is 0 Å². The summed E-state index contributed by atoms with van der Waals surface area (Å²) in [4.78, 5) is 2.46. The summed E-state index contributed by atoms with van der Waals surface area (Å²) in [5, 5.41) is 0. The van der Waals surface area contributed by atoms with Crippen molar-refractivity contribution < 1.29 is 4.74 Å². The van der Waals surface area contributed by atoms with Crippen LogP contribution in [-0.2, 0) is 11.2 Å². The molecular formula is C16H23BrN2O. The van der Waals surface area contributed by atoms with E-state index in [9.17, 15) is 0 Å². The number of rotatable bonds is 4. The molecule has 3 unspecified atom stereocenters. The second-order valence-corrected chi connectivity index (χ2v) is 6.87. The van der Waals surface area contributed by atoms with Gasteiger partial charge in [0.15, 0.2) is 0 Å². The number of nitrogens with zero attached hydrogens (tertiary/aromatic N) is 1. The van der Waals surface area contributed by atoms with E-state index in [1.54, 1.807) is 0 Å². The first-order valence-corrected chi connectivity index (χ1v) is 8.39. The molecule has 0 saturated carbocycles. The summed E-state index contributed by atoms with van der Waals surface area (Å²) >= 11 is 3.73. The van der Waals surface area contributed by atoms with E-state index in [2.05, 4.69) is 46.0 Å². The quantitative estimate of drug-likeness (QED) is 0.916. The minimum absolute atomic E-state index is 0.256. The molecule has 2 saturated heterocycles. The van der Waals surface area contributed by atoms with Gasteiger partial charge in [-0.05, 0) is 59.3 Å². The van der Waals surface area contributed by atoms with Crippen LogP contribution in [0.2, 0.25) is 0 Å². The fraction of sp³-hybridized carbons (Fsp3) is 0.625. The van der Waals surface area contributed by atoms with E-state index in [0.29, 0.717) is 12.2 Å². The van der Waals surface area contributed by atoms with Crippen molar-refractivity contribution in [1.82, 2.24) is 0 Å².